The smallest absolute Gasteiger partial charge is 0.313 e. The Bertz CT molecular complexity index is 491. The van der Waals surface area contributed by atoms with E-state index in [0.717, 1.165) is 11.1 Å². The molecule has 0 saturated heterocycles. The number of carbonyl (C=O) groups excluding carboxylic acids is 1. The van der Waals surface area contributed by atoms with Gasteiger partial charge in [-0.1, -0.05) is 60.7 Å². The molecule has 0 spiro atoms. The molecule has 1 atom stereocenters. The maximum absolute atomic E-state index is 11.9. The Hall–Kier alpha value is -2.09. The molecule has 0 aliphatic carbocycles. The topological polar surface area (TPSA) is 26.3 Å². The van der Waals surface area contributed by atoms with Crippen molar-refractivity contribution in [2.45, 2.75) is 19.4 Å². The summed E-state index contributed by atoms with van der Waals surface area (Å²) in [5.41, 5.74) is 1.99. The van der Waals surface area contributed by atoms with Crippen molar-refractivity contribution in [3.8, 4) is 0 Å². The molecule has 0 aromatic heterocycles. The predicted molar refractivity (Wildman–Crippen MR) is 71.1 cm³/mol. The van der Waals surface area contributed by atoms with Crippen LogP contribution in [0.4, 0.5) is 0 Å². The third-order valence-electron chi connectivity index (χ3n) is 2.88. The van der Waals surface area contributed by atoms with Crippen LogP contribution in [0.1, 0.15) is 24.0 Å². The summed E-state index contributed by atoms with van der Waals surface area (Å²) in [6, 6.07) is 19.4. The Morgan fingerprint density at radius 2 is 1.56 bits per heavy atom. The average Bonchev–Trinajstić information content (AvgIpc) is 2.46. The lowest BCUT2D eigenvalue weighted by Crippen LogP contribution is -2.13. The summed E-state index contributed by atoms with van der Waals surface area (Å²) in [5, 5.41) is 0. The molecule has 0 N–H and O–H groups in total. The van der Waals surface area contributed by atoms with Gasteiger partial charge in [0.25, 0.3) is 0 Å². The number of ether oxygens (including phenoxy) is 1. The number of hydrogen-bond acceptors (Lipinski definition) is 2. The highest BCUT2D eigenvalue weighted by atomic mass is 16.5. The molecule has 0 heterocycles. The van der Waals surface area contributed by atoms with E-state index in [9.17, 15) is 4.79 Å². The summed E-state index contributed by atoms with van der Waals surface area (Å²) in [4.78, 5) is 11.9. The van der Waals surface area contributed by atoms with Crippen LogP contribution in [0.5, 0.6) is 0 Å². The molecule has 0 radical (unpaired) electrons. The lowest BCUT2D eigenvalue weighted by atomic mass is 10.0. The Morgan fingerprint density at radius 1 is 1.00 bits per heavy atom. The summed E-state index contributed by atoms with van der Waals surface area (Å²) in [5.74, 6) is -0.417. The maximum atomic E-state index is 11.9. The summed E-state index contributed by atoms with van der Waals surface area (Å²) in [6.07, 6.45) is 0. The number of esters is 1. The van der Waals surface area contributed by atoms with Crippen molar-refractivity contribution in [3.63, 3.8) is 0 Å². The third-order valence-corrected chi connectivity index (χ3v) is 2.88. The first kappa shape index (κ1) is 12.4. The van der Waals surface area contributed by atoms with Crippen molar-refractivity contribution in [3.05, 3.63) is 71.8 Å². The van der Waals surface area contributed by atoms with Crippen molar-refractivity contribution >= 4 is 5.97 Å². The molecule has 2 rings (SSSR count). The Balaban J connectivity index is 1.93. The summed E-state index contributed by atoms with van der Waals surface area (Å²) >= 11 is 0. The highest BCUT2D eigenvalue weighted by Gasteiger charge is 2.16. The van der Waals surface area contributed by atoms with E-state index in [1.165, 1.54) is 0 Å². The van der Waals surface area contributed by atoms with Crippen LogP contribution < -0.4 is 0 Å². The van der Waals surface area contributed by atoms with Gasteiger partial charge in [0, 0.05) is 0 Å². The van der Waals surface area contributed by atoms with Crippen LogP contribution in [0, 0.1) is 0 Å². The van der Waals surface area contributed by atoms with Gasteiger partial charge in [0.2, 0.25) is 0 Å². The number of carbonyl (C=O) groups is 1. The van der Waals surface area contributed by atoms with E-state index in [4.69, 9.17) is 4.74 Å². The second-order valence-corrected chi connectivity index (χ2v) is 4.23. The quantitative estimate of drug-likeness (QED) is 0.764. The van der Waals surface area contributed by atoms with Gasteiger partial charge in [0.05, 0.1) is 5.92 Å². The standard InChI is InChI=1S/C16H16O2/c1-13(15-10-6-3-7-11-15)16(17)18-12-14-8-4-2-5-9-14/h2-11,13H,12H2,1H3/t13-/m0/s1. The minimum atomic E-state index is -0.227. The molecule has 0 aliphatic rings. The Labute approximate surface area is 107 Å². The van der Waals surface area contributed by atoms with Gasteiger partial charge < -0.3 is 4.74 Å². The fraction of sp³-hybridized carbons (Fsp3) is 0.188. The first-order chi connectivity index (χ1) is 8.77. The third kappa shape index (κ3) is 3.20. The molecular weight excluding hydrogens is 224 g/mol. The van der Waals surface area contributed by atoms with Gasteiger partial charge in [-0.3, -0.25) is 4.79 Å². The molecule has 18 heavy (non-hydrogen) atoms. The van der Waals surface area contributed by atoms with Crippen LogP contribution in [0.3, 0.4) is 0 Å². The molecule has 0 saturated carbocycles. The number of rotatable bonds is 4. The summed E-state index contributed by atoms with van der Waals surface area (Å²) in [7, 11) is 0. The van der Waals surface area contributed by atoms with E-state index in [1.807, 2.05) is 67.6 Å². The molecule has 2 aromatic carbocycles. The van der Waals surface area contributed by atoms with Crippen molar-refractivity contribution in [1.82, 2.24) is 0 Å². The van der Waals surface area contributed by atoms with E-state index in [0.29, 0.717) is 6.61 Å². The lowest BCUT2D eigenvalue weighted by molar-refractivity contribution is -0.146. The van der Waals surface area contributed by atoms with Gasteiger partial charge in [-0.05, 0) is 18.1 Å². The fourth-order valence-corrected chi connectivity index (χ4v) is 1.73. The van der Waals surface area contributed by atoms with Gasteiger partial charge in [0.1, 0.15) is 6.61 Å². The molecule has 2 nitrogen and oxygen atoms in total. The molecule has 2 aromatic rings. The molecular formula is C16H16O2. The van der Waals surface area contributed by atoms with Crippen molar-refractivity contribution in [2.75, 3.05) is 0 Å². The van der Waals surface area contributed by atoms with Crippen molar-refractivity contribution < 1.29 is 9.53 Å². The van der Waals surface area contributed by atoms with E-state index < -0.39 is 0 Å². The second kappa shape index (κ2) is 6.01. The van der Waals surface area contributed by atoms with Crippen LogP contribution in [0.25, 0.3) is 0 Å². The monoisotopic (exact) mass is 240 g/mol. The maximum Gasteiger partial charge on any atom is 0.313 e. The summed E-state index contributed by atoms with van der Waals surface area (Å²) in [6.45, 7) is 2.19. The van der Waals surface area contributed by atoms with Gasteiger partial charge >= 0.3 is 5.97 Å². The van der Waals surface area contributed by atoms with Crippen LogP contribution in [0.2, 0.25) is 0 Å². The molecule has 0 bridgehead atoms. The van der Waals surface area contributed by atoms with Gasteiger partial charge in [-0.2, -0.15) is 0 Å². The minimum absolute atomic E-state index is 0.190. The Kier molecular flexibility index (Phi) is 4.13. The van der Waals surface area contributed by atoms with Crippen LogP contribution in [0.15, 0.2) is 60.7 Å². The molecule has 0 unspecified atom stereocenters. The lowest BCUT2D eigenvalue weighted by Gasteiger charge is -2.11. The number of benzene rings is 2. The highest BCUT2D eigenvalue weighted by molar-refractivity contribution is 5.77. The molecule has 92 valence electrons. The minimum Gasteiger partial charge on any atom is -0.460 e. The van der Waals surface area contributed by atoms with Crippen molar-refractivity contribution in [2.24, 2.45) is 0 Å². The first-order valence-corrected chi connectivity index (χ1v) is 6.03. The number of hydrogen-bond donors (Lipinski definition) is 0. The predicted octanol–water partition coefficient (Wildman–Crippen LogP) is 3.53. The fourth-order valence-electron chi connectivity index (χ4n) is 1.73. The molecule has 0 aliphatic heterocycles. The van der Waals surface area contributed by atoms with E-state index in [2.05, 4.69) is 0 Å². The zero-order valence-corrected chi connectivity index (χ0v) is 10.4. The van der Waals surface area contributed by atoms with Gasteiger partial charge in [-0.25, -0.2) is 0 Å². The first-order valence-electron chi connectivity index (χ1n) is 6.03. The van der Waals surface area contributed by atoms with Gasteiger partial charge in [0.15, 0.2) is 0 Å². The Morgan fingerprint density at radius 3 is 2.17 bits per heavy atom. The SMILES string of the molecule is C[C@H](C(=O)OCc1ccccc1)c1ccccc1. The highest BCUT2D eigenvalue weighted by Crippen LogP contribution is 2.16. The van der Waals surface area contributed by atoms with Crippen LogP contribution >= 0.6 is 0 Å². The zero-order valence-electron chi connectivity index (χ0n) is 10.4. The summed E-state index contributed by atoms with van der Waals surface area (Å²) < 4.78 is 5.31. The average molecular weight is 240 g/mol. The normalized spacial score (nSPS) is 11.8. The second-order valence-electron chi connectivity index (χ2n) is 4.23. The zero-order chi connectivity index (χ0) is 12.8. The van der Waals surface area contributed by atoms with Crippen molar-refractivity contribution in [1.29, 1.82) is 0 Å². The van der Waals surface area contributed by atoms with E-state index in [-0.39, 0.29) is 11.9 Å². The van der Waals surface area contributed by atoms with E-state index in [1.54, 1.807) is 0 Å². The van der Waals surface area contributed by atoms with Crippen LogP contribution in [-0.4, -0.2) is 5.97 Å². The molecule has 0 fully saturated rings. The van der Waals surface area contributed by atoms with Crippen LogP contribution in [-0.2, 0) is 16.1 Å². The van der Waals surface area contributed by atoms with E-state index >= 15 is 0 Å². The largest absolute Gasteiger partial charge is 0.460 e. The molecule has 0 amide bonds. The van der Waals surface area contributed by atoms with Gasteiger partial charge in [-0.15, -0.1) is 0 Å². The molecule has 2 heteroatoms.